The van der Waals surface area contributed by atoms with Crippen molar-refractivity contribution in [2.75, 3.05) is 13.7 Å². The summed E-state index contributed by atoms with van der Waals surface area (Å²) in [5.74, 6) is 1.80. The van der Waals surface area contributed by atoms with Gasteiger partial charge in [0.05, 0.1) is 18.7 Å². The van der Waals surface area contributed by atoms with E-state index in [9.17, 15) is 4.79 Å². The molecule has 0 aliphatic heterocycles. The molecule has 0 spiro atoms. The van der Waals surface area contributed by atoms with Gasteiger partial charge in [-0.15, -0.1) is 0 Å². The van der Waals surface area contributed by atoms with Crippen LogP contribution in [0.25, 0.3) is 0 Å². The van der Waals surface area contributed by atoms with Crippen LogP contribution in [-0.2, 0) is 11.3 Å². The first-order chi connectivity index (χ1) is 10.6. The highest BCUT2D eigenvalue weighted by Crippen LogP contribution is 2.36. The van der Waals surface area contributed by atoms with Crippen molar-refractivity contribution in [3.63, 3.8) is 0 Å². The minimum atomic E-state index is 0.107. The van der Waals surface area contributed by atoms with Gasteiger partial charge in [-0.3, -0.25) is 4.79 Å². The Hall–Kier alpha value is -1.42. The molecule has 0 radical (unpaired) electrons. The topological polar surface area (TPSA) is 47.6 Å². The summed E-state index contributed by atoms with van der Waals surface area (Å²) in [5.41, 5.74) is 0.907. The highest BCUT2D eigenvalue weighted by Gasteiger charge is 2.18. The number of ether oxygens (including phenoxy) is 2. The van der Waals surface area contributed by atoms with E-state index in [1.165, 1.54) is 25.7 Å². The molecule has 1 aliphatic carbocycles. The van der Waals surface area contributed by atoms with Crippen molar-refractivity contribution < 1.29 is 14.3 Å². The van der Waals surface area contributed by atoms with Crippen molar-refractivity contribution in [1.29, 1.82) is 0 Å². The van der Waals surface area contributed by atoms with E-state index < -0.39 is 0 Å². The monoisotopic (exact) mass is 325 g/mol. The average molecular weight is 326 g/mol. The van der Waals surface area contributed by atoms with Gasteiger partial charge >= 0.3 is 0 Å². The molecule has 0 saturated heterocycles. The number of hydrogen-bond acceptors (Lipinski definition) is 3. The van der Waals surface area contributed by atoms with Crippen LogP contribution in [0.3, 0.4) is 0 Å². The van der Waals surface area contributed by atoms with Crippen LogP contribution in [-0.4, -0.2) is 19.6 Å². The lowest BCUT2D eigenvalue weighted by Gasteiger charge is -2.14. The van der Waals surface area contributed by atoms with Gasteiger partial charge in [0.1, 0.15) is 0 Å². The fraction of sp³-hybridized carbons (Fsp3) is 0.588. The van der Waals surface area contributed by atoms with Crippen molar-refractivity contribution in [2.45, 2.75) is 45.6 Å². The van der Waals surface area contributed by atoms with Crippen molar-refractivity contribution in [3.05, 3.63) is 22.7 Å². The molecule has 0 aromatic heterocycles. The molecular weight excluding hydrogens is 302 g/mol. The molecule has 1 aromatic rings. The summed E-state index contributed by atoms with van der Waals surface area (Å²) in [5, 5.41) is 3.46. The quantitative estimate of drug-likeness (QED) is 0.826. The minimum Gasteiger partial charge on any atom is -0.493 e. The number of benzene rings is 1. The Morgan fingerprint density at radius 1 is 1.36 bits per heavy atom. The molecule has 1 saturated carbocycles. The van der Waals surface area contributed by atoms with E-state index in [-0.39, 0.29) is 5.91 Å². The van der Waals surface area contributed by atoms with Gasteiger partial charge in [0.15, 0.2) is 11.5 Å². The normalized spacial score (nSPS) is 14.9. The molecule has 1 amide bonds. The number of halogens is 1. The molecule has 2 rings (SSSR count). The van der Waals surface area contributed by atoms with E-state index in [0.29, 0.717) is 42.0 Å². The van der Waals surface area contributed by atoms with Crippen LogP contribution >= 0.6 is 11.6 Å². The molecule has 0 atom stereocenters. The lowest BCUT2D eigenvalue weighted by atomic mass is 10.0. The molecule has 1 fully saturated rings. The molecule has 122 valence electrons. The summed E-state index contributed by atoms with van der Waals surface area (Å²) in [7, 11) is 1.58. The number of carbonyl (C=O) groups excluding carboxylic acids is 1. The maximum atomic E-state index is 12.0. The fourth-order valence-corrected chi connectivity index (χ4v) is 3.20. The first-order valence-corrected chi connectivity index (χ1v) is 8.27. The van der Waals surface area contributed by atoms with Crippen LogP contribution in [0.5, 0.6) is 11.5 Å². The zero-order valence-corrected chi connectivity index (χ0v) is 14.0. The standard InChI is InChI=1S/C17H24ClNO3/c1-3-22-17-14(18)8-13(9-15(17)21-2)11-19-16(20)10-12-6-4-5-7-12/h8-9,12H,3-7,10-11H2,1-2H3,(H,19,20). The van der Waals surface area contributed by atoms with Crippen LogP contribution in [0.4, 0.5) is 0 Å². The first-order valence-electron chi connectivity index (χ1n) is 7.90. The van der Waals surface area contributed by atoms with Crippen LogP contribution in [0.2, 0.25) is 5.02 Å². The molecule has 1 aromatic carbocycles. The van der Waals surface area contributed by atoms with E-state index in [2.05, 4.69) is 5.32 Å². The number of carbonyl (C=O) groups is 1. The molecule has 0 unspecified atom stereocenters. The maximum Gasteiger partial charge on any atom is 0.220 e. The van der Waals surface area contributed by atoms with Crippen LogP contribution in [0.15, 0.2) is 12.1 Å². The first kappa shape index (κ1) is 16.9. The zero-order chi connectivity index (χ0) is 15.9. The number of nitrogens with one attached hydrogen (secondary N) is 1. The average Bonchev–Trinajstić information content (AvgIpc) is 3.00. The van der Waals surface area contributed by atoms with Crippen molar-refractivity contribution in [2.24, 2.45) is 5.92 Å². The zero-order valence-electron chi connectivity index (χ0n) is 13.3. The molecule has 0 heterocycles. The van der Waals surface area contributed by atoms with Crippen LogP contribution in [0, 0.1) is 5.92 Å². The molecule has 1 aliphatic rings. The molecular formula is C17H24ClNO3. The summed E-state index contributed by atoms with van der Waals surface area (Å²) in [6.45, 7) is 2.87. The third kappa shape index (κ3) is 4.54. The predicted molar refractivity (Wildman–Crippen MR) is 87.6 cm³/mol. The van der Waals surface area contributed by atoms with E-state index in [4.69, 9.17) is 21.1 Å². The van der Waals surface area contributed by atoms with E-state index in [1.807, 2.05) is 19.1 Å². The predicted octanol–water partition coefficient (Wildman–Crippen LogP) is 3.94. The molecule has 5 heteroatoms. The Balaban J connectivity index is 1.94. The van der Waals surface area contributed by atoms with Gasteiger partial charge in [-0.1, -0.05) is 24.4 Å². The van der Waals surface area contributed by atoms with Crippen LogP contribution in [0.1, 0.15) is 44.6 Å². The second-order valence-corrected chi connectivity index (χ2v) is 6.08. The van der Waals surface area contributed by atoms with Gasteiger partial charge in [0.2, 0.25) is 5.91 Å². The maximum absolute atomic E-state index is 12.0. The second kappa shape index (κ2) is 8.28. The molecule has 4 nitrogen and oxygen atoms in total. The lowest BCUT2D eigenvalue weighted by molar-refractivity contribution is -0.122. The highest BCUT2D eigenvalue weighted by atomic mass is 35.5. The smallest absolute Gasteiger partial charge is 0.220 e. The summed E-state index contributed by atoms with van der Waals surface area (Å²) in [6, 6.07) is 3.66. The van der Waals surface area contributed by atoms with E-state index in [1.54, 1.807) is 7.11 Å². The van der Waals surface area contributed by atoms with Crippen molar-refractivity contribution in [1.82, 2.24) is 5.32 Å². The summed E-state index contributed by atoms with van der Waals surface area (Å²) in [4.78, 5) is 12.0. The molecule has 0 bridgehead atoms. The highest BCUT2D eigenvalue weighted by molar-refractivity contribution is 6.32. The van der Waals surface area contributed by atoms with Gasteiger partial charge in [-0.25, -0.2) is 0 Å². The van der Waals surface area contributed by atoms with E-state index in [0.717, 1.165) is 5.56 Å². The van der Waals surface area contributed by atoms with Crippen molar-refractivity contribution >= 4 is 17.5 Å². The third-order valence-corrected chi connectivity index (χ3v) is 4.30. The Labute approximate surface area is 137 Å². The Kier molecular flexibility index (Phi) is 6.37. The lowest BCUT2D eigenvalue weighted by Crippen LogP contribution is -2.24. The largest absolute Gasteiger partial charge is 0.493 e. The number of rotatable bonds is 7. The molecule has 1 N–H and O–H groups in total. The van der Waals surface area contributed by atoms with Crippen LogP contribution < -0.4 is 14.8 Å². The fourth-order valence-electron chi connectivity index (χ4n) is 2.91. The number of methoxy groups -OCH3 is 1. The second-order valence-electron chi connectivity index (χ2n) is 5.67. The Morgan fingerprint density at radius 2 is 2.09 bits per heavy atom. The summed E-state index contributed by atoms with van der Waals surface area (Å²) in [6.07, 6.45) is 5.49. The Morgan fingerprint density at radius 3 is 2.73 bits per heavy atom. The minimum absolute atomic E-state index is 0.107. The van der Waals surface area contributed by atoms with Gasteiger partial charge in [0, 0.05) is 13.0 Å². The van der Waals surface area contributed by atoms with Gasteiger partial charge in [-0.2, -0.15) is 0 Å². The van der Waals surface area contributed by atoms with Gasteiger partial charge in [-0.05, 0) is 43.4 Å². The summed E-state index contributed by atoms with van der Waals surface area (Å²) >= 11 is 6.23. The Bertz CT molecular complexity index is 513. The SMILES string of the molecule is CCOc1c(Cl)cc(CNC(=O)CC2CCCC2)cc1OC. The summed E-state index contributed by atoms with van der Waals surface area (Å²) < 4.78 is 10.8. The number of hydrogen-bond donors (Lipinski definition) is 1. The van der Waals surface area contributed by atoms with Gasteiger partial charge in [0.25, 0.3) is 0 Å². The third-order valence-electron chi connectivity index (χ3n) is 4.02. The van der Waals surface area contributed by atoms with E-state index >= 15 is 0 Å². The van der Waals surface area contributed by atoms with Gasteiger partial charge < -0.3 is 14.8 Å². The molecule has 22 heavy (non-hydrogen) atoms. The number of amides is 1. The van der Waals surface area contributed by atoms with Crippen molar-refractivity contribution in [3.8, 4) is 11.5 Å².